The zero-order chi connectivity index (χ0) is 17.6. The summed E-state index contributed by atoms with van der Waals surface area (Å²) in [5.74, 6) is 0.0610. The van der Waals surface area contributed by atoms with Gasteiger partial charge in [-0.15, -0.1) is 5.10 Å². The Bertz CT molecular complexity index is 728. The molecule has 0 bridgehead atoms. The second-order valence-corrected chi connectivity index (χ2v) is 6.34. The van der Waals surface area contributed by atoms with Crippen molar-refractivity contribution in [3.8, 4) is 0 Å². The zero-order valence-electron chi connectivity index (χ0n) is 13.7. The molecule has 9 heteroatoms. The van der Waals surface area contributed by atoms with E-state index in [0.717, 1.165) is 5.56 Å². The van der Waals surface area contributed by atoms with Crippen LogP contribution in [0.2, 0.25) is 5.02 Å². The summed E-state index contributed by atoms with van der Waals surface area (Å²) in [4.78, 5) is 28.1. The zero-order valence-corrected chi connectivity index (χ0v) is 14.5. The number of hydrogen-bond acceptors (Lipinski definition) is 5. The quantitative estimate of drug-likeness (QED) is 0.779. The van der Waals surface area contributed by atoms with Crippen LogP contribution in [0.4, 0.5) is 0 Å². The lowest BCUT2D eigenvalue weighted by Crippen LogP contribution is -2.51. The molecule has 1 aliphatic rings. The van der Waals surface area contributed by atoms with Crippen LogP contribution >= 0.6 is 11.6 Å². The molecule has 0 N–H and O–H groups in total. The number of rotatable bonds is 5. The van der Waals surface area contributed by atoms with Gasteiger partial charge in [0.25, 0.3) is 0 Å². The van der Waals surface area contributed by atoms with Gasteiger partial charge >= 0.3 is 0 Å². The molecular formula is C16H19ClN6O2. The van der Waals surface area contributed by atoms with Crippen molar-refractivity contribution in [1.29, 1.82) is 0 Å². The van der Waals surface area contributed by atoms with Gasteiger partial charge in [0.05, 0.1) is 0 Å². The Hall–Kier alpha value is -2.48. The molecule has 0 spiro atoms. The molecule has 1 fully saturated rings. The SMILES string of the molecule is O=C(CCc1cccc(Cl)c1)N1CCN(C(=O)Cn2cnnn2)CC1. The van der Waals surface area contributed by atoms with Crippen molar-refractivity contribution in [1.82, 2.24) is 30.0 Å². The number of amides is 2. The van der Waals surface area contributed by atoms with E-state index in [0.29, 0.717) is 44.0 Å². The number of aryl methyl sites for hydroxylation is 1. The third-order valence-electron chi connectivity index (χ3n) is 4.19. The van der Waals surface area contributed by atoms with E-state index >= 15 is 0 Å². The maximum Gasteiger partial charge on any atom is 0.244 e. The Morgan fingerprint density at radius 3 is 2.44 bits per heavy atom. The van der Waals surface area contributed by atoms with E-state index in [-0.39, 0.29) is 18.4 Å². The highest BCUT2D eigenvalue weighted by Crippen LogP contribution is 2.13. The third kappa shape index (κ3) is 4.76. The Morgan fingerprint density at radius 2 is 1.80 bits per heavy atom. The van der Waals surface area contributed by atoms with Crippen molar-refractivity contribution in [3.63, 3.8) is 0 Å². The van der Waals surface area contributed by atoms with Gasteiger partial charge in [-0.25, -0.2) is 4.68 Å². The lowest BCUT2D eigenvalue weighted by molar-refractivity contribution is -0.140. The molecule has 0 saturated carbocycles. The minimum Gasteiger partial charge on any atom is -0.339 e. The monoisotopic (exact) mass is 362 g/mol. The summed E-state index contributed by atoms with van der Waals surface area (Å²) < 4.78 is 1.39. The minimum atomic E-state index is -0.0432. The largest absolute Gasteiger partial charge is 0.339 e. The van der Waals surface area contributed by atoms with Gasteiger partial charge in [-0.05, 0) is 34.5 Å². The number of carbonyl (C=O) groups is 2. The number of aromatic nitrogens is 4. The first-order valence-electron chi connectivity index (χ1n) is 8.12. The predicted molar refractivity (Wildman–Crippen MR) is 90.8 cm³/mol. The minimum absolute atomic E-state index is 0.0432. The smallest absolute Gasteiger partial charge is 0.244 e. The molecule has 2 amide bonds. The first kappa shape index (κ1) is 17.3. The average Bonchev–Trinajstić information content (AvgIpc) is 3.13. The van der Waals surface area contributed by atoms with Crippen LogP contribution in [0.25, 0.3) is 0 Å². The van der Waals surface area contributed by atoms with Crippen LogP contribution in [0.15, 0.2) is 30.6 Å². The number of piperazine rings is 1. The van der Waals surface area contributed by atoms with Gasteiger partial charge in [0.15, 0.2) is 0 Å². The fourth-order valence-corrected chi connectivity index (χ4v) is 3.01. The van der Waals surface area contributed by atoms with Crippen LogP contribution in [-0.4, -0.2) is 68.0 Å². The van der Waals surface area contributed by atoms with Crippen molar-refractivity contribution in [2.24, 2.45) is 0 Å². The van der Waals surface area contributed by atoms with E-state index in [4.69, 9.17) is 11.6 Å². The molecule has 1 aliphatic heterocycles. The molecule has 2 heterocycles. The third-order valence-corrected chi connectivity index (χ3v) is 4.43. The molecule has 3 rings (SSSR count). The first-order chi connectivity index (χ1) is 12.1. The van der Waals surface area contributed by atoms with Gasteiger partial charge in [-0.1, -0.05) is 23.7 Å². The second-order valence-electron chi connectivity index (χ2n) is 5.90. The van der Waals surface area contributed by atoms with Crippen LogP contribution in [0.5, 0.6) is 0 Å². The topological polar surface area (TPSA) is 84.2 Å². The molecule has 2 aromatic rings. The van der Waals surface area contributed by atoms with E-state index in [2.05, 4.69) is 15.5 Å². The van der Waals surface area contributed by atoms with Gasteiger partial charge in [0.1, 0.15) is 12.9 Å². The molecule has 0 unspecified atom stereocenters. The van der Waals surface area contributed by atoms with Crippen LogP contribution in [0.3, 0.4) is 0 Å². The molecular weight excluding hydrogens is 344 g/mol. The lowest BCUT2D eigenvalue weighted by atomic mass is 10.1. The Labute approximate surface area is 150 Å². The summed E-state index contributed by atoms with van der Waals surface area (Å²) in [6, 6.07) is 7.55. The Morgan fingerprint density at radius 1 is 1.08 bits per heavy atom. The van der Waals surface area contributed by atoms with Crippen molar-refractivity contribution >= 4 is 23.4 Å². The highest BCUT2D eigenvalue weighted by Gasteiger charge is 2.24. The number of carbonyl (C=O) groups excluding carboxylic acids is 2. The van der Waals surface area contributed by atoms with E-state index in [9.17, 15) is 9.59 Å². The molecule has 0 aliphatic carbocycles. The average molecular weight is 363 g/mol. The van der Waals surface area contributed by atoms with Gasteiger partial charge in [-0.2, -0.15) is 0 Å². The summed E-state index contributed by atoms with van der Waals surface area (Å²) in [5.41, 5.74) is 1.05. The summed E-state index contributed by atoms with van der Waals surface area (Å²) in [6.45, 7) is 2.29. The molecule has 1 saturated heterocycles. The fourth-order valence-electron chi connectivity index (χ4n) is 2.80. The summed E-state index contributed by atoms with van der Waals surface area (Å²) >= 11 is 5.96. The van der Waals surface area contributed by atoms with Crippen LogP contribution in [0.1, 0.15) is 12.0 Å². The lowest BCUT2D eigenvalue weighted by Gasteiger charge is -2.34. The Kier molecular flexibility index (Phi) is 5.60. The molecule has 1 aromatic heterocycles. The summed E-state index contributed by atoms with van der Waals surface area (Å²) in [7, 11) is 0. The van der Waals surface area contributed by atoms with Gasteiger partial charge < -0.3 is 9.80 Å². The normalized spacial score (nSPS) is 14.6. The van der Waals surface area contributed by atoms with Gasteiger partial charge in [0.2, 0.25) is 11.8 Å². The first-order valence-corrected chi connectivity index (χ1v) is 8.50. The Balaban J connectivity index is 1.43. The van der Waals surface area contributed by atoms with Crippen LogP contribution < -0.4 is 0 Å². The molecule has 0 radical (unpaired) electrons. The van der Waals surface area contributed by atoms with Crippen LogP contribution in [0, 0.1) is 0 Å². The van der Waals surface area contributed by atoms with Crippen LogP contribution in [-0.2, 0) is 22.6 Å². The van der Waals surface area contributed by atoms with Crippen molar-refractivity contribution in [3.05, 3.63) is 41.2 Å². The van der Waals surface area contributed by atoms with Crippen molar-refractivity contribution < 1.29 is 9.59 Å². The molecule has 8 nitrogen and oxygen atoms in total. The van der Waals surface area contributed by atoms with Gasteiger partial charge in [0, 0.05) is 37.6 Å². The van der Waals surface area contributed by atoms with Gasteiger partial charge in [-0.3, -0.25) is 9.59 Å². The number of benzene rings is 1. The highest BCUT2D eigenvalue weighted by molar-refractivity contribution is 6.30. The number of tetrazole rings is 1. The maximum absolute atomic E-state index is 12.3. The number of halogens is 1. The predicted octanol–water partition coefficient (Wildman–Crippen LogP) is 0.630. The molecule has 1 aromatic carbocycles. The maximum atomic E-state index is 12.3. The van der Waals surface area contributed by atoms with E-state index in [1.807, 2.05) is 29.2 Å². The molecule has 25 heavy (non-hydrogen) atoms. The number of nitrogens with zero attached hydrogens (tertiary/aromatic N) is 6. The summed E-state index contributed by atoms with van der Waals surface area (Å²) in [5, 5.41) is 11.4. The van der Waals surface area contributed by atoms with E-state index in [1.165, 1.54) is 11.0 Å². The van der Waals surface area contributed by atoms with Crippen molar-refractivity contribution in [2.75, 3.05) is 26.2 Å². The van der Waals surface area contributed by atoms with Crippen molar-refractivity contribution in [2.45, 2.75) is 19.4 Å². The highest BCUT2D eigenvalue weighted by atomic mass is 35.5. The number of hydrogen-bond donors (Lipinski definition) is 0. The second kappa shape index (κ2) is 8.06. The van der Waals surface area contributed by atoms with E-state index < -0.39 is 0 Å². The fraction of sp³-hybridized carbons (Fsp3) is 0.438. The van der Waals surface area contributed by atoms with E-state index in [1.54, 1.807) is 4.90 Å². The standard InChI is InChI=1S/C16H19ClN6O2/c17-14-3-1-2-13(10-14)4-5-15(24)21-6-8-22(9-7-21)16(25)11-23-12-18-19-20-23/h1-3,10,12H,4-9,11H2. The summed E-state index contributed by atoms with van der Waals surface area (Å²) in [6.07, 6.45) is 2.52. The molecule has 132 valence electrons. The molecule has 0 atom stereocenters.